The average Bonchev–Trinajstić information content (AvgIpc) is 3.37. The van der Waals surface area contributed by atoms with E-state index in [2.05, 4.69) is 20.8 Å². The Labute approximate surface area is 193 Å². The van der Waals surface area contributed by atoms with Gasteiger partial charge in [0.05, 0.1) is 22.4 Å². The number of ether oxygens (including phenoxy) is 2. The van der Waals surface area contributed by atoms with Gasteiger partial charge in [-0.05, 0) is 31.2 Å². The summed E-state index contributed by atoms with van der Waals surface area (Å²) in [7, 11) is 1.75. The summed E-state index contributed by atoms with van der Waals surface area (Å²) in [5.41, 5.74) is 1.14. The smallest absolute Gasteiger partial charge is 0.237 e. The molecule has 1 atom stereocenters. The van der Waals surface area contributed by atoms with Crippen molar-refractivity contribution in [1.29, 1.82) is 0 Å². The number of fused-ring (bicyclic) bond motifs is 1. The molecule has 1 aliphatic heterocycles. The van der Waals surface area contributed by atoms with Crippen molar-refractivity contribution in [3.05, 3.63) is 53.3 Å². The van der Waals surface area contributed by atoms with E-state index in [9.17, 15) is 9.59 Å². The molecule has 0 aliphatic carbocycles. The zero-order chi connectivity index (χ0) is 22.7. The Morgan fingerprint density at radius 2 is 1.94 bits per heavy atom. The van der Waals surface area contributed by atoms with Crippen LogP contribution in [0.15, 0.2) is 47.6 Å². The Bertz CT molecular complexity index is 1170. The molecule has 2 N–H and O–H groups in total. The van der Waals surface area contributed by atoms with Gasteiger partial charge in [-0.15, -0.1) is 10.2 Å². The Balaban J connectivity index is 1.35. The number of carbonyl (C=O) groups excluding carboxylic acids is 2. The van der Waals surface area contributed by atoms with Crippen LogP contribution in [-0.2, 0) is 23.1 Å². The van der Waals surface area contributed by atoms with Crippen LogP contribution in [0.5, 0.6) is 11.5 Å². The Morgan fingerprint density at radius 3 is 2.75 bits per heavy atom. The van der Waals surface area contributed by atoms with E-state index < -0.39 is 5.25 Å². The van der Waals surface area contributed by atoms with E-state index in [4.69, 9.17) is 21.1 Å². The topological polar surface area (TPSA) is 107 Å². The highest BCUT2D eigenvalue weighted by Crippen LogP contribution is 2.34. The van der Waals surface area contributed by atoms with Gasteiger partial charge in [-0.2, -0.15) is 0 Å². The van der Waals surface area contributed by atoms with E-state index in [-0.39, 0.29) is 25.0 Å². The second kappa shape index (κ2) is 9.49. The van der Waals surface area contributed by atoms with Crippen LogP contribution in [0.25, 0.3) is 0 Å². The molecule has 0 fully saturated rings. The fourth-order valence-corrected chi connectivity index (χ4v) is 3.95. The van der Waals surface area contributed by atoms with E-state index in [1.807, 2.05) is 0 Å². The predicted octanol–water partition coefficient (Wildman–Crippen LogP) is 3.50. The molecule has 4 rings (SSSR count). The molecule has 0 bridgehead atoms. The molecule has 0 radical (unpaired) electrons. The molecule has 166 valence electrons. The van der Waals surface area contributed by atoms with Crippen LogP contribution in [-0.4, -0.2) is 38.6 Å². The lowest BCUT2D eigenvalue weighted by molar-refractivity contribution is -0.116. The number of para-hydroxylation sites is 1. The molecule has 2 amide bonds. The monoisotopic (exact) mass is 473 g/mol. The van der Waals surface area contributed by atoms with Crippen molar-refractivity contribution in [3.8, 4) is 11.5 Å². The number of aromatic nitrogens is 3. The van der Waals surface area contributed by atoms with Crippen LogP contribution in [0.2, 0.25) is 5.02 Å². The van der Waals surface area contributed by atoms with Crippen LogP contribution in [0.4, 0.5) is 11.4 Å². The molecule has 32 heavy (non-hydrogen) atoms. The number of amides is 2. The van der Waals surface area contributed by atoms with E-state index in [0.717, 1.165) is 0 Å². The van der Waals surface area contributed by atoms with Crippen molar-refractivity contribution in [3.63, 3.8) is 0 Å². The Kier molecular flexibility index (Phi) is 6.52. The van der Waals surface area contributed by atoms with Crippen molar-refractivity contribution in [1.82, 2.24) is 14.8 Å². The molecule has 1 aromatic heterocycles. The molecule has 0 saturated carbocycles. The van der Waals surface area contributed by atoms with Crippen molar-refractivity contribution >= 4 is 46.6 Å². The lowest BCUT2D eigenvalue weighted by Crippen LogP contribution is -2.23. The summed E-state index contributed by atoms with van der Waals surface area (Å²) in [5.74, 6) is 1.25. The zero-order valence-electron chi connectivity index (χ0n) is 17.3. The Hall–Kier alpha value is -3.24. The average molecular weight is 474 g/mol. The molecular formula is C21H20ClN5O4S. The molecule has 3 aromatic rings. The summed E-state index contributed by atoms with van der Waals surface area (Å²) in [6.07, 6.45) is 0.0209. The second-order valence-electron chi connectivity index (χ2n) is 6.98. The highest BCUT2D eigenvalue weighted by Gasteiger charge is 2.21. The summed E-state index contributed by atoms with van der Waals surface area (Å²) >= 11 is 7.32. The van der Waals surface area contributed by atoms with E-state index in [0.29, 0.717) is 38.9 Å². The van der Waals surface area contributed by atoms with Gasteiger partial charge < -0.3 is 24.7 Å². The van der Waals surface area contributed by atoms with Crippen LogP contribution < -0.4 is 20.1 Å². The lowest BCUT2D eigenvalue weighted by Gasteiger charge is -2.12. The maximum absolute atomic E-state index is 12.6. The molecule has 11 heteroatoms. The van der Waals surface area contributed by atoms with Gasteiger partial charge in [0.1, 0.15) is 5.82 Å². The van der Waals surface area contributed by atoms with Crippen molar-refractivity contribution in [2.24, 2.45) is 7.05 Å². The molecule has 9 nitrogen and oxygen atoms in total. The van der Waals surface area contributed by atoms with Gasteiger partial charge in [-0.3, -0.25) is 9.59 Å². The summed E-state index contributed by atoms with van der Waals surface area (Å²) < 4.78 is 12.3. The predicted molar refractivity (Wildman–Crippen MR) is 121 cm³/mol. The largest absolute Gasteiger partial charge is 0.454 e. The number of rotatable bonds is 7. The number of hydrogen-bond donors (Lipinski definition) is 2. The highest BCUT2D eigenvalue weighted by atomic mass is 35.5. The number of benzene rings is 2. The number of hydrogen-bond acceptors (Lipinski definition) is 7. The number of halogens is 1. The molecular weight excluding hydrogens is 454 g/mol. The van der Waals surface area contributed by atoms with E-state index in [1.54, 1.807) is 61.0 Å². The number of thioether (sulfide) groups is 1. The first kappa shape index (κ1) is 22.0. The van der Waals surface area contributed by atoms with Crippen molar-refractivity contribution in [2.75, 3.05) is 17.4 Å². The minimum atomic E-state index is -0.451. The van der Waals surface area contributed by atoms with Crippen LogP contribution >= 0.6 is 23.4 Å². The number of carbonyl (C=O) groups is 2. The van der Waals surface area contributed by atoms with Gasteiger partial charge in [-0.25, -0.2) is 0 Å². The number of nitrogens with zero attached hydrogens (tertiary/aromatic N) is 3. The zero-order valence-corrected chi connectivity index (χ0v) is 18.9. The van der Waals surface area contributed by atoms with E-state index in [1.165, 1.54) is 11.8 Å². The number of nitrogens with one attached hydrogen (secondary N) is 2. The van der Waals surface area contributed by atoms with Crippen molar-refractivity contribution < 1.29 is 19.1 Å². The normalized spacial score (nSPS) is 13.0. The SMILES string of the molecule is CC(Sc1nnc(CC(=O)Nc2ccccc2Cl)n1C)C(=O)Nc1ccc2c(c1)OCO2. The van der Waals surface area contributed by atoms with Crippen molar-refractivity contribution in [2.45, 2.75) is 23.8 Å². The first-order chi connectivity index (χ1) is 15.4. The molecule has 0 spiro atoms. The fourth-order valence-electron chi connectivity index (χ4n) is 2.93. The van der Waals surface area contributed by atoms with Crippen LogP contribution in [0.3, 0.4) is 0 Å². The van der Waals surface area contributed by atoms with Gasteiger partial charge in [0.25, 0.3) is 0 Å². The summed E-state index contributed by atoms with van der Waals surface area (Å²) in [6.45, 7) is 1.94. The molecule has 2 aromatic carbocycles. The minimum absolute atomic E-state index is 0.0209. The first-order valence-corrected chi connectivity index (χ1v) is 11.0. The van der Waals surface area contributed by atoms with Gasteiger partial charge in [0, 0.05) is 18.8 Å². The highest BCUT2D eigenvalue weighted by molar-refractivity contribution is 8.00. The van der Waals surface area contributed by atoms with Gasteiger partial charge in [0.15, 0.2) is 16.7 Å². The lowest BCUT2D eigenvalue weighted by atomic mass is 10.2. The van der Waals surface area contributed by atoms with E-state index >= 15 is 0 Å². The minimum Gasteiger partial charge on any atom is -0.454 e. The molecule has 2 heterocycles. The fraction of sp³-hybridized carbons (Fsp3) is 0.238. The quantitative estimate of drug-likeness (QED) is 0.505. The third-order valence-electron chi connectivity index (χ3n) is 4.68. The summed E-state index contributed by atoms with van der Waals surface area (Å²) in [6, 6.07) is 12.2. The maximum atomic E-state index is 12.6. The molecule has 1 aliphatic rings. The third kappa shape index (κ3) is 4.97. The molecule has 1 unspecified atom stereocenters. The summed E-state index contributed by atoms with van der Waals surface area (Å²) in [5, 5.41) is 14.4. The Morgan fingerprint density at radius 1 is 1.16 bits per heavy atom. The third-order valence-corrected chi connectivity index (χ3v) is 6.15. The second-order valence-corrected chi connectivity index (χ2v) is 8.70. The van der Waals surface area contributed by atoms with Gasteiger partial charge in [-0.1, -0.05) is 35.5 Å². The standard InChI is InChI=1S/C21H20ClN5O4S/c1-12(20(29)23-13-7-8-16-17(9-13)31-11-30-16)32-21-26-25-18(27(21)2)10-19(28)24-15-6-4-3-5-14(15)22/h3-9,12H,10-11H2,1-2H3,(H,23,29)(H,24,28). The van der Waals surface area contributed by atoms with Crippen LogP contribution in [0.1, 0.15) is 12.7 Å². The first-order valence-electron chi connectivity index (χ1n) is 9.70. The molecule has 0 saturated heterocycles. The van der Waals surface area contributed by atoms with Gasteiger partial charge in [0.2, 0.25) is 18.6 Å². The summed E-state index contributed by atoms with van der Waals surface area (Å²) in [4.78, 5) is 25.0. The number of anilines is 2. The van der Waals surface area contributed by atoms with Crippen LogP contribution in [0, 0.1) is 0 Å². The van der Waals surface area contributed by atoms with Gasteiger partial charge >= 0.3 is 0 Å². The maximum Gasteiger partial charge on any atom is 0.237 e.